The molecule has 0 atom stereocenters. The van der Waals surface area contributed by atoms with Crippen LogP contribution in [0.15, 0.2) is 12.3 Å². The van der Waals surface area contributed by atoms with E-state index < -0.39 is 0 Å². The Labute approximate surface area is 46.2 Å². The molecule has 2 rings (SSSR count). The highest BCUT2D eigenvalue weighted by Crippen LogP contribution is 2.20. The molecule has 2 heterocycles. The molecule has 0 aromatic carbocycles. The fraction of sp³-hybridized carbons (Fsp3) is 0. The van der Waals surface area contributed by atoms with Crippen LogP contribution < -0.4 is 16.4 Å². The van der Waals surface area contributed by atoms with Gasteiger partial charge in [-0.05, 0) is 6.07 Å². The third-order valence-electron chi connectivity index (χ3n) is 1.13. The lowest BCUT2D eigenvalue weighted by molar-refractivity contribution is 0.994. The Morgan fingerprint density at radius 3 is 3.12 bits per heavy atom. The molecule has 0 aliphatic carbocycles. The summed E-state index contributed by atoms with van der Waals surface area (Å²) in [4.78, 5) is 2.98. The van der Waals surface area contributed by atoms with Gasteiger partial charge in [0.15, 0.2) is 0 Å². The molecule has 0 unspecified atom stereocenters. The molecule has 1 aliphatic rings. The summed E-state index contributed by atoms with van der Waals surface area (Å²) in [6, 6.07) is 1.95. The van der Waals surface area contributed by atoms with Crippen molar-refractivity contribution in [3.05, 3.63) is 12.3 Å². The Bertz CT molecular complexity index is 173. The number of fused-ring (bicyclic) bond motifs is 1. The van der Waals surface area contributed by atoms with Crippen molar-refractivity contribution in [1.29, 1.82) is 0 Å². The Morgan fingerprint density at radius 1 is 1.25 bits per heavy atom. The predicted molar refractivity (Wildman–Crippen MR) is 31.2 cm³/mol. The Balaban J connectivity index is 2.54. The Morgan fingerprint density at radius 2 is 2.25 bits per heavy atom. The summed E-state index contributed by atoms with van der Waals surface area (Å²) in [7, 11) is 0. The van der Waals surface area contributed by atoms with Gasteiger partial charge in [0.25, 0.3) is 0 Å². The van der Waals surface area contributed by atoms with E-state index in [2.05, 4.69) is 21.4 Å². The van der Waals surface area contributed by atoms with Crippen molar-refractivity contribution in [3.63, 3.8) is 0 Å². The van der Waals surface area contributed by atoms with Crippen LogP contribution in [0.25, 0.3) is 0 Å². The normalized spacial score (nSPS) is 14.5. The molecular weight excluding hydrogens is 104 g/mol. The molecule has 0 spiro atoms. The van der Waals surface area contributed by atoms with E-state index in [1.54, 1.807) is 0 Å². The molecule has 0 radical (unpaired) electrons. The second-order valence-electron chi connectivity index (χ2n) is 1.64. The quantitative estimate of drug-likeness (QED) is 0.388. The zero-order valence-electron chi connectivity index (χ0n) is 4.15. The van der Waals surface area contributed by atoms with Crippen LogP contribution >= 0.6 is 0 Å². The van der Waals surface area contributed by atoms with Crippen LogP contribution in [-0.2, 0) is 0 Å². The number of rotatable bonds is 0. The van der Waals surface area contributed by atoms with Crippen LogP contribution in [0.4, 0.5) is 11.5 Å². The number of anilines is 2. The van der Waals surface area contributed by atoms with Crippen molar-refractivity contribution in [2.75, 3.05) is 10.9 Å². The number of hydrazine groups is 2. The van der Waals surface area contributed by atoms with Crippen LogP contribution in [-0.4, -0.2) is 4.98 Å². The zero-order chi connectivity index (χ0) is 5.40. The lowest BCUT2D eigenvalue weighted by Crippen LogP contribution is -2.19. The monoisotopic (exact) mass is 110 g/mol. The summed E-state index contributed by atoms with van der Waals surface area (Å²) in [5.41, 5.74) is 9.55. The van der Waals surface area contributed by atoms with Crippen molar-refractivity contribution in [3.8, 4) is 0 Å². The maximum atomic E-state index is 2.98. The number of aromatic amines is 1. The van der Waals surface area contributed by atoms with E-state index in [0.717, 1.165) is 11.5 Å². The van der Waals surface area contributed by atoms with Gasteiger partial charge in [-0.1, -0.05) is 0 Å². The predicted octanol–water partition coefficient (Wildman–Crippen LogP) is 0.272. The smallest absolute Gasteiger partial charge is 0.144 e. The summed E-state index contributed by atoms with van der Waals surface area (Å²) in [5, 5.41) is 0. The van der Waals surface area contributed by atoms with Gasteiger partial charge in [0.05, 0.1) is 5.69 Å². The van der Waals surface area contributed by atoms with Gasteiger partial charge in [0.1, 0.15) is 5.82 Å². The van der Waals surface area contributed by atoms with Gasteiger partial charge in [-0.2, -0.15) is 0 Å². The van der Waals surface area contributed by atoms with Crippen molar-refractivity contribution >= 4 is 11.5 Å². The van der Waals surface area contributed by atoms with Gasteiger partial charge in [-0.15, -0.1) is 5.53 Å². The summed E-state index contributed by atoms with van der Waals surface area (Å²) in [6.45, 7) is 0. The molecule has 1 aromatic rings. The number of nitrogens with one attached hydrogen (secondary N) is 4. The van der Waals surface area contributed by atoms with Crippen molar-refractivity contribution in [2.24, 2.45) is 0 Å². The Hall–Kier alpha value is -1.16. The van der Waals surface area contributed by atoms with Gasteiger partial charge in [0.2, 0.25) is 0 Å². The molecule has 1 aliphatic heterocycles. The van der Waals surface area contributed by atoms with E-state index in [9.17, 15) is 0 Å². The van der Waals surface area contributed by atoms with Crippen LogP contribution in [0.3, 0.4) is 0 Å². The molecule has 1 aromatic heterocycles. The van der Waals surface area contributed by atoms with Crippen LogP contribution in [0.2, 0.25) is 0 Å². The largest absolute Gasteiger partial charge is 0.346 e. The minimum absolute atomic E-state index is 0.991. The first-order chi connectivity index (χ1) is 3.97. The third kappa shape index (κ3) is 0.324. The molecular formula is C4H6N4. The van der Waals surface area contributed by atoms with Crippen molar-refractivity contribution in [2.45, 2.75) is 0 Å². The molecule has 0 fully saturated rings. The molecule has 0 amide bonds. The van der Waals surface area contributed by atoms with E-state index >= 15 is 0 Å². The third-order valence-corrected chi connectivity index (χ3v) is 1.13. The fourth-order valence-electron chi connectivity index (χ4n) is 0.738. The summed E-state index contributed by atoms with van der Waals surface area (Å²) in [6.07, 6.45) is 1.87. The van der Waals surface area contributed by atoms with E-state index in [-0.39, 0.29) is 0 Å². The van der Waals surface area contributed by atoms with Crippen LogP contribution in [0.1, 0.15) is 0 Å². The lowest BCUT2D eigenvalue weighted by atomic mass is 10.5. The number of H-pyrrole nitrogens is 1. The fourth-order valence-corrected chi connectivity index (χ4v) is 0.738. The standard InChI is InChI=1S/C4H6N4/c1-2-5-4-3(1)6-8-7-4/h1-2,5-8H. The topological polar surface area (TPSA) is 51.9 Å². The van der Waals surface area contributed by atoms with E-state index in [1.165, 1.54) is 0 Å². The highest BCUT2D eigenvalue weighted by molar-refractivity contribution is 5.67. The number of hydrogen-bond acceptors (Lipinski definition) is 3. The van der Waals surface area contributed by atoms with Gasteiger partial charge in [0, 0.05) is 6.20 Å². The molecule has 0 bridgehead atoms. The maximum absolute atomic E-state index is 2.98. The first-order valence-electron chi connectivity index (χ1n) is 2.41. The summed E-state index contributed by atoms with van der Waals surface area (Å²) >= 11 is 0. The molecule has 0 saturated carbocycles. The molecule has 4 nitrogen and oxygen atoms in total. The van der Waals surface area contributed by atoms with Gasteiger partial charge >= 0.3 is 0 Å². The summed E-state index contributed by atoms with van der Waals surface area (Å²) in [5.74, 6) is 0.991. The molecule has 42 valence electrons. The number of hydrogen-bond donors (Lipinski definition) is 4. The van der Waals surface area contributed by atoms with Gasteiger partial charge in [-0.25, -0.2) is 0 Å². The average Bonchev–Trinajstić information content (AvgIpc) is 2.15. The van der Waals surface area contributed by atoms with E-state index in [0.29, 0.717) is 0 Å². The molecule has 4 heteroatoms. The first kappa shape index (κ1) is 3.80. The average molecular weight is 110 g/mol. The SMILES string of the molecule is c1cc2c([nH]1)NNN2. The highest BCUT2D eigenvalue weighted by Gasteiger charge is 2.06. The zero-order valence-corrected chi connectivity index (χ0v) is 4.15. The van der Waals surface area contributed by atoms with E-state index in [4.69, 9.17) is 0 Å². The first-order valence-corrected chi connectivity index (χ1v) is 2.41. The van der Waals surface area contributed by atoms with Crippen LogP contribution in [0, 0.1) is 0 Å². The lowest BCUT2D eigenvalue weighted by Gasteiger charge is -1.90. The van der Waals surface area contributed by atoms with Crippen molar-refractivity contribution < 1.29 is 0 Å². The summed E-state index contributed by atoms with van der Waals surface area (Å²) < 4.78 is 0. The second-order valence-corrected chi connectivity index (χ2v) is 1.64. The molecule has 4 N–H and O–H groups in total. The van der Waals surface area contributed by atoms with E-state index in [1.807, 2.05) is 12.3 Å². The highest BCUT2D eigenvalue weighted by atomic mass is 15.6. The number of aromatic nitrogens is 1. The minimum Gasteiger partial charge on any atom is -0.346 e. The maximum Gasteiger partial charge on any atom is 0.144 e. The van der Waals surface area contributed by atoms with Gasteiger partial charge in [-0.3, -0.25) is 5.43 Å². The minimum atomic E-state index is 0.991. The Kier molecular flexibility index (Phi) is 0.552. The molecule has 8 heavy (non-hydrogen) atoms. The van der Waals surface area contributed by atoms with Crippen molar-refractivity contribution in [1.82, 2.24) is 10.5 Å². The molecule has 0 saturated heterocycles. The van der Waals surface area contributed by atoms with Crippen LogP contribution in [0.5, 0.6) is 0 Å². The second kappa shape index (κ2) is 1.16. The van der Waals surface area contributed by atoms with Gasteiger partial charge < -0.3 is 10.4 Å².